The van der Waals surface area contributed by atoms with E-state index in [-0.39, 0.29) is 22.7 Å². The van der Waals surface area contributed by atoms with E-state index in [1.165, 1.54) is 31.5 Å². The average molecular weight is 366 g/mol. The molecule has 27 heavy (non-hydrogen) atoms. The van der Waals surface area contributed by atoms with E-state index in [0.29, 0.717) is 6.54 Å². The van der Waals surface area contributed by atoms with Gasteiger partial charge >= 0.3 is 0 Å². The second-order valence-corrected chi connectivity index (χ2v) is 5.37. The first-order valence-corrected chi connectivity index (χ1v) is 8.07. The van der Waals surface area contributed by atoms with Gasteiger partial charge in [-0.05, 0) is 25.1 Å². The van der Waals surface area contributed by atoms with Gasteiger partial charge in [-0.15, -0.1) is 0 Å². The Morgan fingerprint density at radius 1 is 1.33 bits per heavy atom. The molecule has 0 radical (unpaired) electrons. The van der Waals surface area contributed by atoms with Gasteiger partial charge in [0.05, 0.1) is 23.8 Å². The minimum atomic E-state index is -0.640. The molecule has 1 N–H and O–H groups in total. The number of carbonyl (C=O) groups excluding carboxylic acids is 1. The second-order valence-electron chi connectivity index (χ2n) is 5.37. The molecular weight excluding hydrogens is 348 g/mol. The number of nitrogens with one attached hydrogen (secondary N) is 1. The van der Waals surface area contributed by atoms with Gasteiger partial charge in [-0.2, -0.15) is 5.26 Å². The Morgan fingerprint density at radius 3 is 2.59 bits per heavy atom. The number of non-ortho nitro benzene ring substituents is 1. The summed E-state index contributed by atoms with van der Waals surface area (Å²) in [7, 11) is 1.34. The summed E-state index contributed by atoms with van der Waals surface area (Å²) >= 11 is 0. The molecule has 0 aliphatic heterocycles. The van der Waals surface area contributed by atoms with Crippen molar-refractivity contribution >= 4 is 23.0 Å². The first-order chi connectivity index (χ1) is 13.0. The molecule has 8 nitrogen and oxygen atoms in total. The molecule has 1 amide bonds. The summed E-state index contributed by atoms with van der Waals surface area (Å²) in [6.07, 6.45) is 1.46. The summed E-state index contributed by atoms with van der Waals surface area (Å²) in [4.78, 5) is 24.6. The lowest BCUT2D eigenvalue weighted by Gasteiger charge is -2.19. The molecule has 2 rings (SSSR count). The fourth-order valence-electron chi connectivity index (χ4n) is 2.35. The van der Waals surface area contributed by atoms with Gasteiger partial charge in [0.25, 0.3) is 11.6 Å². The first-order valence-electron chi connectivity index (χ1n) is 8.07. The molecule has 0 heterocycles. The molecule has 2 aromatic carbocycles. The van der Waals surface area contributed by atoms with Crippen molar-refractivity contribution in [1.82, 2.24) is 0 Å². The standard InChI is InChI=1S/C19H18N4O4/c1-3-22(15-7-5-4-6-8-15)13-14(12-20)19(24)21-17-10-9-16(23(25)26)11-18(17)27-2/h4-11,13H,3H2,1-2H3,(H,21,24)/b14-13-. The molecule has 0 saturated carbocycles. The maximum atomic E-state index is 12.5. The summed E-state index contributed by atoms with van der Waals surface area (Å²) in [6, 6.07) is 15.0. The number of nitro groups is 1. The Balaban J connectivity index is 2.27. The predicted octanol–water partition coefficient (Wildman–Crippen LogP) is 3.48. The van der Waals surface area contributed by atoms with Crippen LogP contribution in [-0.4, -0.2) is 24.5 Å². The highest BCUT2D eigenvalue weighted by atomic mass is 16.6. The SMILES string of the molecule is CCN(/C=C(/C#N)C(=O)Nc1ccc([N+](=O)[O-])cc1OC)c1ccccc1. The van der Waals surface area contributed by atoms with Crippen LogP contribution in [0.1, 0.15) is 6.92 Å². The van der Waals surface area contributed by atoms with Crippen LogP contribution in [0.25, 0.3) is 0 Å². The van der Waals surface area contributed by atoms with Gasteiger partial charge in [0, 0.05) is 24.5 Å². The zero-order valence-electron chi connectivity index (χ0n) is 14.9. The summed E-state index contributed by atoms with van der Waals surface area (Å²) in [5, 5.41) is 22.8. The number of ether oxygens (including phenoxy) is 1. The van der Waals surface area contributed by atoms with Crippen LogP contribution in [-0.2, 0) is 4.79 Å². The number of nitriles is 1. The number of amides is 1. The van der Waals surface area contributed by atoms with Gasteiger partial charge in [-0.25, -0.2) is 0 Å². The van der Waals surface area contributed by atoms with Crippen LogP contribution in [0.4, 0.5) is 17.1 Å². The Labute approximate surface area is 156 Å². The fraction of sp³-hybridized carbons (Fsp3) is 0.158. The van der Waals surface area contributed by atoms with E-state index in [2.05, 4.69) is 5.32 Å². The van der Waals surface area contributed by atoms with Gasteiger partial charge in [0.1, 0.15) is 17.4 Å². The largest absolute Gasteiger partial charge is 0.494 e. The third-order valence-electron chi connectivity index (χ3n) is 3.72. The first kappa shape index (κ1) is 19.5. The molecule has 8 heteroatoms. The van der Waals surface area contributed by atoms with Gasteiger partial charge in [0.2, 0.25) is 0 Å². The number of hydrogen-bond acceptors (Lipinski definition) is 6. The van der Waals surface area contributed by atoms with E-state index in [1.807, 2.05) is 43.3 Å². The molecule has 2 aromatic rings. The van der Waals surface area contributed by atoms with Gasteiger partial charge < -0.3 is 15.0 Å². The zero-order chi connectivity index (χ0) is 19.8. The minimum absolute atomic E-state index is 0.110. The summed E-state index contributed by atoms with van der Waals surface area (Å²) < 4.78 is 5.09. The second kappa shape index (κ2) is 9.01. The van der Waals surface area contributed by atoms with Crippen molar-refractivity contribution < 1.29 is 14.5 Å². The molecule has 0 aliphatic rings. The fourth-order valence-corrected chi connectivity index (χ4v) is 2.35. The highest BCUT2D eigenvalue weighted by molar-refractivity contribution is 6.07. The summed E-state index contributed by atoms with van der Waals surface area (Å²) in [5.74, 6) is -0.510. The predicted molar refractivity (Wildman–Crippen MR) is 101 cm³/mol. The number of hydrogen-bond donors (Lipinski definition) is 1. The number of carbonyl (C=O) groups is 1. The van der Waals surface area contributed by atoms with Crippen molar-refractivity contribution in [1.29, 1.82) is 5.26 Å². The topological polar surface area (TPSA) is 109 Å². The number of methoxy groups -OCH3 is 1. The Morgan fingerprint density at radius 2 is 2.04 bits per heavy atom. The van der Waals surface area contributed by atoms with Crippen LogP contribution in [0.5, 0.6) is 5.75 Å². The van der Waals surface area contributed by atoms with Crippen molar-refractivity contribution in [3.05, 3.63) is 70.4 Å². The minimum Gasteiger partial charge on any atom is -0.494 e. The molecular formula is C19H18N4O4. The zero-order valence-corrected chi connectivity index (χ0v) is 14.9. The van der Waals surface area contributed by atoms with E-state index in [9.17, 15) is 20.2 Å². The molecule has 0 unspecified atom stereocenters. The number of para-hydroxylation sites is 1. The van der Waals surface area contributed by atoms with Crippen LogP contribution in [0.2, 0.25) is 0 Å². The molecule has 0 atom stereocenters. The monoisotopic (exact) mass is 366 g/mol. The maximum absolute atomic E-state index is 12.5. The third-order valence-corrected chi connectivity index (χ3v) is 3.72. The van der Waals surface area contributed by atoms with E-state index < -0.39 is 10.8 Å². The van der Waals surface area contributed by atoms with Crippen LogP contribution in [0.15, 0.2) is 60.3 Å². The van der Waals surface area contributed by atoms with Crippen molar-refractivity contribution in [2.75, 3.05) is 23.9 Å². The molecule has 0 fully saturated rings. The normalized spacial score (nSPS) is 10.6. The Hall–Kier alpha value is -3.86. The van der Waals surface area contributed by atoms with E-state index in [0.717, 1.165) is 5.69 Å². The molecule has 0 aliphatic carbocycles. The molecule has 0 spiro atoms. The van der Waals surface area contributed by atoms with Gasteiger partial charge in [-0.3, -0.25) is 14.9 Å². The highest BCUT2D eigenvalue weighted by Crippen LogP contribution is 2.29. The molecule has 0 bridgehead atoms. The van der Waals surface area contributed by atoms with Crippen LogP contribution >= 0.6 is 0 Å². The average Bonchev–Trinajstić information content (AvgIpc) is 2.69. The number of anilines is 2. The van der Waals surface area contributed by atoms with E-state index in [1.54, 1.807) is 4.90 Å². The lowest BCUT2D eigenvalue weighted by atomic mass is 10.2. The van der Waals surface area contributed by atoms with Crippen LogP contribution < -0.4 is 15.0 Å². The molecule has 138 valence electrons. The number of rotatable bonds is 7. The third kappa shape index (κ3) is 4.83. The van der Waals surface area contributed by atoms with E-state index >= 15 is 0 Å². The highest BCUT2D eigenvalue weighted by Gasteiger charge is 2.16. The van der Waals surface area contributed by atoms with Gasteiger partial charge in [0.15, 0.2) is 0 Å². The Bertz CT molecular complexity index is 904. The molecule has 0 aromatic heterocycles. The lowest BCUT2D eigenvalue weighted by molar-refractivity contribution is -0.384. The van der Waals surface area contributed by atoms with Crippen LogP contribution in [0.3, 0.4) is 0 Å². The van der Waals surface area contributed by atoms with Crippen molar-refractivity contribution in [3.63, 3.8) is 0 Å². The van der Waals surface area contributed by atoms with Gasteiger partial charge in [-0.1, -0.05) is 18.2 Å². The number of nitrogens with zero attached hydrogens (tertiary/aromatic N) is 3. The molecule has 0 saturated heterocycles. The quantitative estimate of drug-likeness (QED) is 0.348. The summed E-state index contributed by atoms with van der Waals surface area (Å²) in [5.41, 5.74) is 0.800. The van der Waals surface area contributed by atoms with Crippen molar-refractivity contribution in [3.8, 4) is 11.8 Å². The number of nitro benzene ring substituents is 1. The maximum Gasteiger partial charge on any atom is 0.273 e. The van der Waals surface area contributed by atoms with Crippen molar-refractivity contribution in [2.24, 2.45) is 0 Å². The lowest BCUT2D eigenvalue weighted by Crippen LogP contribution is -2.20. The van der Waals surface area contributed by atoms with E-state index in [4.69, 9.17) is 4.74 Å². The Kier molecular flexibility index (Phi) is 6.49. The van der Waals surface area contributed by atoms with Crippen molar-refractivity contribution in [2.45, 2.75) is 6.92 Å². The summed E-state index contributed by atoms with van der Waals surface area (Å²) in [6.45, 7) is 2.46. The number of benzene rings is 2. The van der Waals surface area contributed by atoms with Crippen LogP contribution in [0, 0.1) is 21.4 Å². The smallest absolute Gasteiger partial charge is 0.273 e.